The second-order valence-electron chi connectivity index (χ2n) is 4.42. The number of nitrogens with one attached hydrogen (secondary N) is 1. The molecule has 3 aromatic rings. The third-order valence-electron chi connectivity index (χ3n) is 2.88. The smallest absolute Gasteiger partial charge is 0.113 e. The van der Waals surface area contributed by atoms with Gasteiger partial charge in [0.25, 0.3) is 0 Å². The van der Waals surface area contributed by atoms with Gasteiger partial charge in [-0.1, -0.05) is 40.6 Å². The minimum atomic E-state index is 0.904. The van der Waals surface area contributed by atoms with Crippen LogP contribution in [-0.2, 0) is 0 Å². The molecule has 0 amide bonds. The summed E-state index contributed by atoms with van der Waals surface area (Å²) in [5.41, 5.74) is 6.84. The fourth-order valence-electron chi connectivity index (χ4n) is 2.16. The zero-order valence-electron chi connectivity index (χ0n) is 9.86. The quantitative estimate of drug-likeness (QED) is 0.688. The molecule has 0 saturated heterocycles. The van der Waals surface area contributed by atoms with Crippen molar-refractivity contribution in [3.05, 3.63) is 47.5 Å². The van der Waals surface area contributed by atoms with Crippen molar-refractivity contribution in [3.63, 3.8) is 0 Å². The van der Waals surface area contributed by atoms with Gasteiger partial charge in [0.15, 0.2) is 0 Å². The SMILES string of the molecule is Cc1cc(C)cc(-c2ccc3[nH]nnc3c2)c1. The lowest BCUT2D eigenvalue weighted by molar-refractivity contribution is 0.959. The van der Waals surface area contributed by atoms with Crippen molar-refractivity contribution in [1.82, 2.24) is 15.4 Å². The first-order chi connectivity index (χ1) is 8.22. The van der Waals surface area contributed by atoms with Crippen LogP contribution in [0.3, 0.4) is 0 Å². The molecule has 1 N–H and O–H groups in total. The summed E-state index contributed by atoms with van der Waals surface area (Å²) in [6.07, 6.45) is 0. The number of benzene rings is 2. The first-order valence-electron chi connectivity index (χ1n) is 5.62. The van der Waals surface area contributed by atoms with Crippen molar-refractivity contribution in [2.45, 2.75) is 13.8 Å². The van der Waals surface area contributed by atoms with Gasteiger partial charge in [0, 0.05) is 0 Å². The van der Waals surface area contributed by atoms with Crippen LogP contribution in [0.2, 0.25) is 0 Å². The predicted octanol–water partition coefficient (Wildman–Crippen LogP) is 3.24. The van der Waals surface area contributed by atoms with Crippen LogP contribution in [0.5, 0.6) is 0 Å². The number of H-pyrrole nitrogens is 1. The lowest BCUT2D eigenvalue weighted by atomic mass is 10.0. The highest BCUT2D eigenvalue weighted by molar-refractivity contribution is 5.81. The molecule has 0 fully saturated rings. The van der Waals surface area contributed by atoms with Crippen LogP contribution in [0.4, 0.5) is 0 Å². The van der Waals surface area contributed by atoms with Gasteiger partial charge < -0.3 is 0 Å². The Kier molecular flexibility index (Phi) is 2.18. The van der Waals surface area contributed by atoms with E-state index in [1.807, 2.05) is 6.07 Å². The molecule has 0 bridgehead atoms. The Labute approximate surface area is 99.5 Å². The molecule has 84 valence electrons. The second-order valence-corrected chi connectivity index (χ2v) is 4.42. The van der Waals surface area contributed by atoms with Crippen molar-refractivity contribution in [2.24, 2.45) is 0 Å². The van der Waals surface area contributed by atoms with Crippen molar-refractivity contribution in [2.75, 3.05) is 0 Å². The van der Waals surface area contributed by atoms with Crippen molar-refractivity contribution >= 4 is 11.0 Å². The number of aromatic nitrogens is 3. The molecule has 0 spiro atoms. The van der Waals surface area contributed by atoms with E-state index in [1.54, 1.807) is 0 Å². The number of fused-ring (bicyclic) bond motifs is 1. The maximum atomic E-state index is 4.04. The van der Waals surface area contributed by atoms with Crippen LogP contribution in [0.15, 0.2) is 36.4 Å². The molecule has 3 nitrogen and oxygen atoms in total. The van der Waals surface area contributed by atoms with Crippen LogP contribution in [0, 0.1) is 13.8 Å². The summed E-state index contributed by atoms with van der Waals surface area (Å²) in [7, 11) is 0. The summed E-state index contributed by atoms with van der Waals surface area (Å²) in [5, 5.41) is 10.7. The van der Waals surface area contributed by atoms with Gasteiger partial charge in [-0.3, -0.25) is 5.10 Å². The molecular weight excluding hydrogens is 210 g/mol. The molecule has 0 radical (unpaired) electrons. The molecule has 2 aromatic carbocycles. The molecule has 0 aliphatic rings. The van der Waals surface area contributed by atoms with Gasteiger partial charge in [-0.2, -0.15) is 0 Å². The molecular formula is C14H13N3. The molecule has 0 aliphatic heterocycles. The maximum Gasteiger partial charge on any atom is 0.113 e. The van der Waals surface area contributed by atoms with Crippen LogP contribution in [-0.4, -0.2) is 15.4 Å². The molecule has 0 saturated carbocycles. The number of hydrogen-bond donors (Lipinski definition) is 1. The average Bonchev–Trinajstić information content (AvgIpc) is 2.74. The number of aryl methyl sites for hydroxylation is 2. The molecule has 3 rings (SSSR count). The molecule has 17 heavy (non-hydrogen) atoms. The summed E-state index contributed by atoms with van der Waals surface area (Å²) in [4.78, 5) is 0. The van der Waals surface area contributed by atoms with E-state index in [2.05, 4.69) is 59.6 Å². The van der Waals surface area contributed by atoms with Crippen molar-refractivity contribution < 1.29 is 0 Å². The maximum absolute atomic E-state index is 4.04. The highest BCUT2D eigenvalue weighted by Crippen LogP contribution is 2.24. The fourth-order valence-corrected chi connectivity index (χ4v) is 2.16. The van der Waals surface area contributed by atoms with Crippen molar-refractivity contribution in [1.29, 1.82) is 0 Å². The largest absolute Gasteiger partial charge is 0.258 e. The van der Waals surface area contributed by atoms with E-state index in [9.17, 15) is 0 Å². The number of aromatic amines is 1. The predicted molar refractivity (Wildman–Crippen MR) is 68.8 cm³/mol. The van der Waals surface area contributed by atoms with Gasteiger partial charge >= 0.3 is 0 Å². The average molecular weight is 223 g/mol. The Morgan fingerprint density at radius 1 is 0.882 bits per heavy atom. The Bertz CT molecular complexity index is 663. The Hall–Kier alpha value is -2.16. The highest BCUT2D eigenvalue weighted by atomic mass is 15.3. The van der Waals surface area contributed by atoms with Crippen LogP contribution in [0.1, 0.15) is 11.1 Å². The molecule has 0 aliphatic carbocycles. The Morgan fingerprint density at radius 2 is 1.65 bits per heavy atom. The standard InChI is InChI=1S/C14H13N3/c1-9-5-10(2)7-12(6-9)11-3-4-13-14(8-11)16-17-15-13/h3-8H,1-2H3,(H,15,16,17). The van der Waals surface area contributed by atoms with Crippen LogP contribution < -0.4 is 0 Å². The molecule has 0 atom stereocenters. The number of hydrogen-bond acceptors (Lipinski definition) is 2. The van der Waals surface area contributed by atoms with E-state index in [4.69, 9.17) is 0 Å². The van der Waals surface area contributed by atoms with E-state index in [0.29, 0.717) is 0 Å². The summed E-state index contributed by atoms with van der Waals surface area (Å²) in [5.74, 6) is 0. The Balaban J connectivity index is 2.19. The third-order valence-corrected chi connectivity index (χ3v) is 2.88. The highest BCUT2D eigenvalue weighted by Gasteiger charge is 2.03. The Morgan fingerprint density at radius 3 is 2.41 bits per heavy atom. The van der Waals surface area contributed by atoms with E-state index in [1.165, 1.54) is 22.3 Å². The van der Waals surface area contributed by atoms with Gasteiger partial charge in [-0.25, -0.2) is 0 Å². The minimum Gasteiger partial charge on any atom is -0.258 e. The lowest BCUT2D eigenvalue weighted by Gasteiger charge is -2.05. The molecule has 3 heteroatoms. The zero-order valence-corrected chi connectivity index (χ0v) is 9.86. The normalized spacial score (nSPS) is 10.9. The van der Waals surface area contributed by atoms with Crippen molar-refractivity contribution in [3.8, 4) is 11.1 Å². The molecule has 1 aromatic heterocycles. The van der Waals surface area contributed by atoms with Gasteiger partial charge in [0.2, 0.25) is 0 Å². The fraction of sp³-hybridized carbons (Fsp3) is 0.143. The van der Waals surface area contributed by atoms with Crippen LogP contribution >= 0.6 is 0 Å². The van der Waals surface area contributed by atoms with Crippen LogP contribution in [0.25, 0.3) is 22.2 Å². The van der Waals surface area contributed by atoms with E-state index < -0.39 is 0 Å². The minimum absolute atomic E-state index is 0.904. The first kappa shape index (κ1) is 10.0. The summed E-state index contributed by atoms with van der Waals surface area (Å²) in [6, 6.07) is 12.7. The summed E-state index contributed by atoms with van der Waals surface area (Å²) >= 11 is 0. The van der Waals surface area contributed by atoms with Gasteiger partial charge in [-0.15, -0.1) is 5.10 Å². The second kappa shape index (κ2) is 3.70. The van der Waals surface area contributed by atoms with Gasteiger partial charge in [0.1, 0.15) is 5.52 Å². The number of nitrogens with zero attached hydrogens (tertiary/aromatic N) is 2. The molecule has 0 unspecified atom stereocenters. The lowest BCUT2D eigenvalue weighted by Crippen LogP contribution is -1.83. The van der Waals surface area contributed by atoms with Gasteiger partial charge in [-0.05, 0) is 37.1 Å². The van der Waals surface area contributed by atoms with E-state index in [0.717, 1.165) is 11.0 Å². The van der Waals surface area contributed by atoms with E-state index in [-0.39, 0.29) is 0 Å². The van der Waals surface area contributed by atoms with E-state index >= 15 is 0 Å². The van der Waals surface area contributed by atoms with Gasteiger partial charge in [0.05, 0.1) is 5.52 Å². The summed E-state index contributed by atoms with van der Waals surface area (Å²) in [6.45, 7) is 4.23. The first-order valence-corrected chi connectivity index (χ1v) is 5.62. The number of rotatable bonds is 1. The summed E-state index contributed by atoms with van der Waals surface area (Å²) < 4.78 is 0. The third kappa shape index (κ3) is 1.80. The molecule has 1 heterocycles. The zero-order chi connectivity index (χ0) is 11.8. The topological polar surface area (TPSA) is 41.6 Å². The monoisotopic (exact) mass is 223 g/mol.